The van der Waals surface area contributed by atoms with E-state index in [2.05, 4.69) is 10.4 Å². The van der Waals surface area contributed by atoms with Crippen LogP contribution in [0.4, 0.5) is 5.69 Å². The first-order chi connectivity index (χ1) is 10.7. The first kappa shape index (κ1) is 15.2. The molecule has 1 saturated carbocycles. The van der Waals surface area contributed by atoms with Crippen LogP contribution >= 0.6 is 0 Å². The summed E-state index contributed by atoms with van der Waals surface area (Å²) in [7, 11) is 0. The van der Waals surface area contributed by atoms with Crippen LogP contribution in [0.5, 0.6) is 0 Å². The number of hydrogen-bond donors (Lipinski definition) is 1. The standard InChI is InChI=1S/C16H23N3O3/c20-14-6-4-12(5-7-14)16(21)18-13-9-17-19(10-13)11-15-3-1-2-8-22-15/h9-10,12,15H,1-8,11H2,(H,18,21). The zero-order chi connectivity index (χ0) is 15.4. The van der Waals surface area contributed by atoms with Crippen molar-refractivity contribution in [2.24, 2.45) is 5.92 Å². The zero-order valence-electron chi connectivity index (χ0n) is 12.8. The average molecular weight is 305 g/mol. The number of Topliss-reactive ketones (excluding diaryl/α,β-unsaturated/α-hetero) is 1. The third kappa shape index (κ3) is 3.94. The number of ketones is 1. The zero-order valence-corrected chi connectivity index (χ0v) is 12.8. The van der Waals surface area contributed by atoms with Crippen molar-refractivity contribution < 1.29 is 14.3 Å². The highest BCUT2D eigenvalue weighted by molar-refractivity contribution is 5.93. The van der Waals surface area contributed by atoms with Gasteiger partial charge in [0.25, 0.3) is 0 Å². The molecule has 2 fully saturated rings. The number of nitrogens with one attached hydrogen (secondary N) is 1. The van der Waals surface area contributed by atoms with Gasteiger partial charge in [-0.05, 0) is 32.1 Å². The highest BCUT2D eigenvalue weighted by Crippen LogP contribution is 2.23. The van der Waals surface area contributed by atoms with E-state index < -0.39 is 0 Å². The Balaban J connectivity index is 1.50. The molecule has 6 nitrogen and oxygen atoms in total. The highest BCUT2D eigenvalue weighted by Gasteiger charge is 2.25. The van der Waals surface area contributed by atoms with Crippen molar-refractivity contribution in [1.82, 2.24) is 9.78 Å². The van der Waals surface area contributed by atoms with Crippen molar-refractivity contribution in [3.8, 4) is 0 Å². The maximum Gasteiger partial charge on any atom is 0.227 e. The minimum absolute atomic E-state index is 0.000895. The van der Waals surface area contributed by atoms with E-state index in [1.54, 1.807) is 6.20 Å². The van der Waals surface area contributed by atoms with Gasteiger partial charge in [0.2, 0.25) is 5.91 Å². The van der Waals surface area contributed by atoms with Crippen LogP contribution < -0.4 is 5.32 Å². The van der Waals surface area contributed by atoms with Gasteiger partial charge in [0, 0.05) is 31.6 Å². The van der Waals surface area contributed by atoms with Gasteiger partial charge in [0.15, 0.2) is 0 Å². The van der Waals surface area contributed by atoms with Crippen LogP contribution in [0.1, 0.15) is 44.9 Å². The van der Waals surface area contributed by atoms with Crippen LogP contribution in [0.3, 0.4) is 0 Å². The van der Waals surface area contributed by atoms with E-state index >= 15 is 0 Å². The molecule has 6 heteroatoms. The Morgan fingerprint density at radius 2 is 2.14 bits per heavy atom. The third-order valence-corrected chi connectivity index (χ3v) is 4.48. The fraction of sp³-hybridized carbons (Fsp3) is 0.688. The van der Waals surface area contributed by atoms with Crippen LogP contribution in [0.2, 0.25) is 0 Å². The van der Waals surface area contributed by atoms with Gasteiger partial charge in [-0.15, -0.1) is 0 Å². The lowest BCUT2D eigenvalue weighted by atomic mass is 9.88. The number of amides is 1. The number of anilines is 1. The smallest absolute Gasteiger partial charge is 0.227 e. The normalized spacial score (nSPS) is 23.5. The van der Waals surface area contributed by atoms with Crippen molar-refractivity contribution in [3.05, 3.63) is 12.4 Å². The predicted octanol–water partition coefficient (Wildman–Crippen LogP) is 2.15. The molecular formula is C16H23N3O3. The first-order valence-electron chi connectivity index (χ1n) is 8.17. The summed E-state index contributed by atoms with van der Waals surface area (Å²) < 4.78 is 7.53. The molecule has 2 heterocycles. The quantitative estimate of drug-likeness (QED) is 0.925. The summed E-state index contributed by atoms with van der Waals surface area (Å²) in [4.78, 5) is 23.4. The summed E-state index contributed by atoms with van der Waals surface area (Å²) in [5.41, 5.74) is 0.720. The number of ether oxygens (including phenoxy) is 1. The van der Waals surface area contributed by atoms with Gasteiger partial charge >= 0.3 is 0 Å². The average Bonchev–Trinajstić information content (AvgIpc) is 2.96. The molecule has 0 bridgehead atoms. The molecule has 1 atom stereocenters. The topological polar surface area (TPSA) is 73.2 Å². The summed E-state index contributed by atoms with van der Waals surface area (Å²) in [5.74, 6) is 0.216. The summed E-state index contributed by atoms with van der Waals surface area (Å²) in [6.07, 6.45) is 9.53. The van der Waals surface area contributed by atoms with Crippen molar-refractivity contribution >= 4 is 17.4 Å². The molecular weight excluding hydrogens is 282 g/mol. The van der Waals surface area contributed by atoms with Gasteiger partial charge in [0.1, 0.15) is 5.78 Å². The Labute approximate surface area is 130 Å². The molecule has 1 aliphatic heterocycles. The summed E-state index contributed by atoms with van der Waals surface area (Å²) in [6, 6.07) is 0. The van der Waals surface area contributed by atoms with E-state index in [4.69, 9.17) is 4.74 Å². The Morgan fingerprint density at radius 3 is 2.86 bits per heavy atom. The number of aromatic nitrogens is 2. The summed E-state index contributed by atoms with van der Waals surface area (Å²) in [6.45, 7) is 1.56. The number of carbonyl (C=O) groups excluding carboxylic acids is 2. The van der Waals surface area contributed by atoms with Gasteiger partial charge in [-0.3, -0.25) is 14.3 Å². The largest absolute Gasteiger partial charge is 0.376 e. The Kier molecular flexibility index (Phi) is 4.87. The second-order valence-electron chi connectivity index (χ2n) is 6.24. The van der Waals surface area contributed by atoms with Crippen LogP contribution in [-0.4, -0.2) is 34.2 Å². The minimum atomic E-state index is -0.0530. The van der Waals surface area contributed by atoms with Gasteiger partial charge in [-0.1, -0.05) is 0 Å². The van der Waals surface area contributed by atoms with E-state index in [-0.39, 0.29) is 23.7 Å². The van der Waals surface area contributed by atoms with Crippen LogP contribution in [0, 0.1) is 5.92 Å². The minimum Gasteiger partial charge on any atom is -0.376 e. The van der Waals surface area contributed by atoms with Crippen molar-refractivity contribution in [3.63, 3.8) is 0 Å². The SMILES string of the molecule is O=C1CCC(C(=O)Nc2cnn(CC3CCCCO3)c2)CC1. The molecule has 1 saturated heterocycles. The molecule has 3 rings (SSSR count). The van der Waals surface area contributed by atoms with Gasteiger partial charge in [-0.25, -0.2) is 0 Å². The Morgan fingerprint density at radius 1 is 1.32 bits per heavy atom. The lowest BCUT2D eigenvalue weighted by Crippen LogP contribution is -2.27. The molecule has 0 aromatic carbocycles. The van der Waals surface area contributed by atoms with Crippen LogP contribution in [0.15, 0.2) is 12.4 Å². The number of carbonyl (C=O) groups is 2. The Hall–Kier alpha value is -1.69. The number of rotatable bonds is 4. The molecule has 1 unspecified atom stereocenters. The van der Waals surface area contributed by atoms with Crippen molar-refractivity contribution in [2.45, 2.75) is 57.6 Å². The van der Waals surface area contributed by atoms with Crippen LogP contribution in [0.25, 0.3) is 0 Å². The van der Waals surface area contributed by atoms with E-state index in [0.717, 1.165) is 31.7 Å². The van der Waals surface area contributed by atoms with Crippen molar-refractivity contribution in [2.75, 3.05) is 11.9 Å². The van der Waals surface area contributed by atoms with Gasteiger partial charge in [-0.2, -0.15) is 5.10 Å². The van der Waals surface area contributed by atoms with E-state index in [1.807, 2.05) is 10.9 Å². The highest BCUT2D eigenvalue weighted by atomic mass is 16.5. The van der Waals surface area contributed by atoms with E-state index in [9.17, 15) is 9.59 Å². The number of nitrogens with zero attached hydrogens (tertiary/aromatic N) is 2. The van der Waals surface area contributed by atoms with Gasteiger partial charge in [0.05, 0.1) is 24.5 Å². The summed E-state index contributed by atoms with van der Waals surface area (Å²) >= 11 is 0. The molecule has 1 aromatic rings. The number of hydrogen-bond acceptors (Lipinski definition) is 4. The molecule has 22 heavy (non-hydrogen) atoms. The maximum atomic E-state index is 12.2. The third-order valence-electron chi connectivity index (χ3n) is 4.48. The monoisotopic (exact) mass is 305 g/mol. The lowest BCUT2D eigenvalue weighted by Gasteiger charge is -2.22. The molecule has 0 radical (unpaired) electrons. The fourth-order valence-electron chi connectivity index (χ4n) is 3.13. The molecule has 1 amide bonds. The Bertz CT molecular complexity index is 524. The molecule has 2 aliphatic rings. The van der Waals surface area contributed by atoms with E-state index in [1.165, 1.54) is 6.42 Å². The second kappa shape index (κ2) is 7.05. The maximum absolute atomic E-state index is 12.2. The first-order valence-corrected chi connectivity index (χ1v) is 8.17. The lowest BCUT2D eigenvalue weighted by molar-refractivity contribution is -0.125. The fourth-order valence-corrected chi connectivity index (χ4v) is 3.13. The van der Waals surface area contributed by atoms with Crippen LogP contribution in [-0.2, 0) is 20.9 Å². The molecule has 1 aromatic heterocycles. The molecule has 0 spiro atoms. The second-order valence-corrected chi connectivity index (χ2v) is 6.24. The van der Waals surface area contributed by atoms with E-state index in [0.29, 0.717) is 25.7 Å². The predicted molar refractivity (Wildman–Crippen MR) is 81.4 cm³/mol. The molecule has 1 N–H and O–H groups in total. The van der Waals surface area contributed by atoms with Crippen molar-refractivity contribution in [1.29, 1.82) is 0 Å². The summed E-state index contributed by atoms with van der Waals surface area (Å²) in [5, 5.41) is 7.20. The van der Waals surface area contributed by atoms with Gasteiger partial charge < -0.3 is 10.1 Å². The molecule has 120 valence electrons. The molecule has 1 aliphatic carbocycles.